The Morgan fingerprint density at radius 2 is 2.07 bits per heavy atom. The van der Waals surface area contributed by atoms with E-state index in [1.54, 1.807) is 0 Å². The van der Waals surface area contributed by atoms with Gasteiger partial charge in [-0.2, -0.15) is 0 Å². The van der Waals surface area contributed by atoms with Gasteiger partial charge in [-0.1, -0.05) is 18.1 Å². The van der Waals surface area contributed by atoms with E-state index in [2.05, 4.69) is 24.2 Å². The van der Waals surface area contributed by atoms with Gasteiger partial charge in [-0.05, 0) is 44.7 Å². The lowest BCUT2D eigenvalue weighted by Crippen LogP contribution is -2.43. The lowest BCUT2D eigenvalue weighted by Gasteiger charge is -2.35. The molecule has 0 aliphatic carbocycles. The molecule has 6 heteroatoms. The Morgan fingerprint density at radius 1 is 1.25 bits per heavy atom. The Labute approximate surface area is 166 Å². The van der Waals surface area contributed by atoms with Crippen LogP contribution in [0.1, 0.15) is 55.7 Å². The minimum Gasteiger partial charge on any atom is -0.381 e. The number of aromatic nitrogens is 2. The normalized spacial score (nSPS) is 21.1. The van der Waals surface area contributed by atoms with E-state index in [4.69, 9.17) is 14.2 Å². The number of aryl methyl sites for hydroxylation is 2. The van der Waals surface area contributed by atoms with Crippen molar-refractivity contribution in [2.24, 2.45) is 5.92 Å². The summed E-state index contributed by atoms with van der Waals surface area (Å²) in [5.74, 6) is 1.59. The molecule has 2 aromatic heterocycles. The van der Waals surface area contributed by atoms with Gasteiger partial charge in [0.25, 0.3) is 0 Å². The zero-order valence-electron chi connectivity index (χ0n) is 16.8. The van der Waals surface area contributed by atoms with Gasteiger partial charge in [0, 0.05) is 37.7 Å². The molecule has 150 valence electrons. The summed E-state index contributed by atoms with van der Waals surface area (Å²) in [5.41, 5.74) is 3.95. The largest absolute Gasteiger partial charge is 0.381 e. The van der Waals surface area contributed by atoms with Gasteiger partial charge in [0.1, 0.15) is 5.76 Å². The molecule has 4 rings (SSSR count). The highest BCUT2D eigenvalue weighted by Gasteiger charge is 2.30. The van der Waals surface area contributed by atoms with Crippen LogP contribution in [-0.2, 0) is 16.0 Å². The Bertz CT molecular complexity index is 818. The van der Waals surface area contributed by atoms with Gasteiger partial charge in [0.15, 0.2) is 0 Å². The predicted molar refractivity (Wildman–Crippen MR) is 106 cm³/mol. The number of amides is 1. The number of carbonyl (C=O) groups is 1. The van der Waals surface area contributed by atoms with Crippen molar-refractivity contribution in [3.8, 4) is 11.3 Å². The van der Waals surface area contributed by atoms with Crippen LogP contribution in [0.15, 0.2) is 22.7 Å². The van der Waals surface area contributed by atoms with E-state index in [-0.39, 0.29) is 11.8 Å². The molecule has 0 spiro atoms. The van der Waals surface area contributed by atoms with E-state index in [0.717, 1.165) is 80.2 Å². The number of likely N-dealkylation sites (tertiary alicyclic amines) is 1. The van der Waals surface area contributed by atoms with Crippen LogP contribution in [0.3, 0.4) is 0 Å². The Morgan fingerprint density at radius 3 is 2.79 bits per heavy atom. The molecule has 0 N–H and O–H groups in total. The van der Waals surface area contributed by atoms with Crippen molar-refractivity contribution in [1.29, 1.82) is 0 Å². The molecule has 0 saturated carbocycles. The van der Waals surface area contributed by atoms with Crippen LogP contribution < -0.4 is 0 Å². The third kappa shape index (κ3) is 3.83. The number of ether oxygens (including phenoxy) is 1. The Balaban J connectivity index is 1.44. The maximum Gasteiger partial charge on any atom is 0.228 e. The van der Waals surface area contributed by atoms with Gasteiger partial charge in [0.05, 0.1) is 29.5 Å². The van der Waals surface area contributed by atoms with E-state index >= 15 is 0 Å². The molecule has 0 bridgehead atoms. The minimum absolute atomic E-state index is 0.0517. The molecule has 0 aromatic carbocycles. The fraction of sp³-hybridized carbons (Fsp3) is 0.591. The SMILES string of the molecule is CCc1onc(C)c1-c1cccc(C2CCN(C(=O)C3CCCOC3)CC2)n1. The number of carbonyl (C=O) groups excluding carboxylic acids is 1. The maximum atomic E-state index is 12.7. The second kappa shape index (κ2) is 8.43. The molecule has 2 aliphatic rings. The first kappa shape index (κ1) is 19.1. The first-order chi connectivity index (χ1) is 13.7. The predicted octanol–water partition coefficient (Wildman–Crippen LogP) is 3.74. The van der Waals surface area contributed by atoms with Crippen molar-refractivity contribution in [2.75, 3.05) is 26.3 Å². The molecule has 0 radical (unpaired) electrons. The van der Waals surface area contributed by atoms with Gasteiger partial charge in [0.2, 0.25) is 5.91 Å². The molecular formula is C22H29N3O3. The first-order valence-electron chi connectivity index (χ1n) is 10.5. The molecule has 2 aliphatic heterocycles. The summed E-state index contributed by atoms with van der Waals surface area (Å²) in [6.45, 7) is 7.01. The molecule has 1 unspecified atom stereocenters. The van der Waals surface area contributed by atoms with Gasteiger partial charge < -0.3 is 14.2 Å². The third-order valence-electron chi connectivity index (χ3n) is 6.02. The number of nitrogens with zero attached hydrogens (tertiary/aromatic N) is 3. The highest BCUT2D eigenvalue weighted by molar-refractivity contribution is 5.79. The minimum atomic E-state index is 0.0517. The van der Waals surface area contributed by atoms with Crippen LogP contribution in [0, 0.1) is 12.8 Å². The molecule has 2 aromatic rings. The quantitative estimate of drug-likeness (QED) is 0.804. The molecule has 4 heterocycles. The van der Waals surface area contributed by atoms with E-state index in [0.29, 0.717) is 12.5 Å². The van der Waals surface area contributed by atoms with Crippen LogP contribution in [0.4, 0.5) is 0 Å². The molecule has 2 fully saturated rings. The van der Waals surface area contributed by atoms with Gasteiger partial charge in [-0.25, -0.2) is 0 Å². The number of rotatable bonds is 4. The standard InChI is InChI=1S/C22H29N3O3/c1-3-20-21(15(2)24-28-20)19-8-4-7-18(23-19)16-9-11-25(12-10-16)22(26)17-6-5-13-27-14-17/h4,7-8,16-17H,3,5-6,9-14H2,1-2H3. The van der Waals surface area contributed by atoms with Crippen molar-refractivity contribution in [2.45, 2.75) is 51.9 Å². The van der Waals surface area contributed by atoms with Gasteiger partial charge >= 0.3 is 0 Å². The van der Waals surface area contributed by atoms with Crippen LogP contribution in [-0.4, -0.2) is 47.3 Å². The number of hydrogen-bond donors (Lipinski definition) is 0. The van der Waals surface area contributed by atoms with Crippen LogP contribution in [0.25, 0.3) is 11.3 Å². The van der Waals surface area contributed by atoms with Crippen LogP contribution in [0.5, 0.6) is 0 Å². The fourth-order valence-corrected chi connectivity index (χ4v) is 4.39. The van der Waals surface area contributed by atoms with Crippen molar-refractivity contribution >= 4 is 5.91 Å². The van der Waals surface area contributed by atoms with E-state index in [1.807, 2.05) is 17.9 Å². The first-order valence-corrected chi connectivity index (χ1v) is 10.5. The summed E-state index contributed by atoms with van der Waals surface area (Å²) in [5, 5.41) is 4.11. The second-order valence-corrected chi connectivity index (χ2v) is 7.88. The van der Waals surface area contributed by atoms with E-state index in [9.17, 15) is 4.79 Å². The number of hydrogen-bond acceptors (Lipinski definition) is 5. The summed E-state index contributed by atoms with van der Waals surface area (Å²) in [4.78, 5) is 19.7. The number of piperidine rings is 1. The summed E-state index contributed by atoms with van der Waals surface area (Å²) >= 11 is 0. The van der Waals surface area contributed by atoms with E-state index in [1.165, 1.54) is 0 Å². The van der Waals surface area contributed by atoms with Crippen LogP contribution >= 0.6 is 0 Å². The highest BCUT2D eigenvalue weighted by atomic mass is 16.5. The number of pyridine rings is 1. The molecule has 2 saturated heterocycles. The second-order valence-electron chi connectivity index (χ2n) is 7.88. The Hall–Kier alpha value is -2.21. The van der Waals surface area contributed by atoms with Gasteiger partial charge in [-0.15, -0.1) is 0 Å². The van der Waals surface area contributed by atoms with Crippen molar-refractivity contribution in [1.82, 2.24) is 15.0 Å². The molecule has 1 amide bonds. The van der Waals surface area contributed by atoms with Crippen molar-refractivity contribution < 1.29 is 14.1 Å². The molecular weight excluding hydrogens is 354 g/mol. The Kier molecular flexibility index (Phi) is 5.76. The average Bonchev–Trinajstić information content (AvgIpc) is 3.14. The fourth-order valence-electron chi connectivity index (χ4n) is 4.39. The molecule has 1 atom stereocenters. The zero-order valence-corrected chi connectivity index (χ0v) is 16.8. The summed E-state index contributed by atoms with van der Waals surface area (Å²) < 4.78 is 10.9. The molecule has 28 heavy (non-hydrogen) atoms. The lowest BCUT2D eigenvalue weighted by atomic mass is 9.91. The summed E-state index contributed by atoms with van der Waals surface area (Å²) in [6.07, 6.45) is 4.66. The monoisotopic (exact) mass is 383 g/mol. The molecule has 6 nitrogen and oxygen atoms in total. The zero-order chi connectivity index (χ0) is 19.5. The lowest BCUT2D eigenvalue weighted by molar-refractivity contribution is -0.140. The van der Waals surface area contributed by atoms with Crippen LogP contribution in [0.2, 0.25) is 0 Å². The van der Waals surface area contributed by atoms with E-state index < -0.39 is 0 Å². The highest BCUT2D eigenvalue weighted by Crippen LogP contribution is 2.31. The maximum absolute atomic E-state index is 12.7. The van der Waals surface area contributed by atoms with Gasteiger partial charge in [-0.3, -0.25) is 9.78 Å². The average molecular weight is 383 g/mol. The smallest absolute Gasteiger partial charge is 0.228 e. The topological polar surface area (TPSA) is 68.5 Å². The summed E-state index contributed by atoms with van der Waals surface area (Å²) in [6, 6.07) is 6.21. The van der Waals surface area contributed by atoms with Crippen molar-refractivity contribution in [3.05, 3.63) is 35.3 Å². The van der Waals surface area contributed by atoms with Crippen molar-refractivity contribution in [3.63, 3.8) is 0 Å². The third-order valence-corrected chi connectivity index (χ3v) is 6.02. The summed E-state index contributed by atoms with van der Waals surface area (Å²) in [7, 11) is 0.